The second kappa shape index (κ2) is 3.75. The van der Waals surface area contributed by atoms with Crippen LogP contribution in [0.5, 0.6) is 0 Å². The highest BCUT2D eigenvalue weighted by atomic mass is 16.6. The van der Waals surface area contributed by atoms with Crippen molar-refractivity contribution in [1.29, 1.82) is 5.26 Å². The van der Waals surface area contributed by atoms with E-state index >= 15 is 0 Å². The molecule has 0 aliphatic heterocycles. The summed E-state index contributed by atoms with van der Waals surface area (Å²) in [6.07, 6.45) is 2.12. The van der Waals surface area contributed by atoms with E-state index < -0.39 is 4.92 Å². The Bertz CT molecular complexity index is 481. The van der Waals surface area contributed by atoms with Crippen LogP contribution in [0, 0.1) is 21.4 Å². The highest BCUT2D eigenvalue weighted by Crippen LogP contribution is 2.30. The Labute approximate surface area is 91.0 Å². The van der Waals surface area contributed by atoms with Gasteiger partial charge in [-0.2, -0.15) is 5.26 Å². The SMILES string of the molecule is N#Cc1ccnc(NC2CC2N)c1[N+](=O)[O-]. The third-order valence-corrected chi connectivity index (χ3v) is 2.39. The first kappa shape index (κ1) is 10.3. The fourth-order valence-electron chi connectivity index (χ4n) is 1.39. The number of aromatic nitrogens is 1. The maximum atomic E-state index is 10.8. The Morgan fingerprint density at radius 1 is 1.75 bits per heavy atom. The van der Waals surface area contributed by atoms with Crippen LogP contribution in [-0.2, 0) is 0 Å². The lowest BCUT2D eigenvalue weighted by Gasteiger charge is -2.04. The molecule has 0 saturated heterocycles. The van der Waals surface area contributed by atoms with Gasteiger partial charge in [-0.05, 0) is 12.5 Å². The molecular weight excluding hydrogens is 210 g/mol. The molecule has 0 aromatic carbocycles. The number of pyridine rings is 1. The fraction of sp³-hybridized carbons (Fsp3) is 0.333. The number of hydrogen-bond acceptors (Lipinski definition) is 6. The molecular formula is C9H9N5O2. The molecule has 82 valence electrons. The van der Waals surface area contributed by atoms with Gasteiger partial charge < -0.3 is 11.1 Å². The first-order chi connectivity index (χ1) is 7.63. The standard InChI is InChI=1S/C9H9N5O2/c10-4-5-1-2-12-9(8(5)14(15)16)13-7-3-6(7)11/h1-2,6-7H,3,11H2,(H,12,13). The van der Waals surface area contributed by atoms with Gasteiger partial charge in [-0.25, -0.2) is 4.98 Å². The molecule has 1 aromatic rings. The van der Waals surface area contributed by atoms with E-state index in [1.165, 1.54) is 12.3 Å². The lowest BCUT2D eigenvalue weighted by Crippen LogP contribution is -2.15. The molecule has 1 heterocycles. The van der Waals surface area contributed by atoms with Crippen LogP contribution in [0.1, 0.15) is 12.0 Å². The van der Waals surface area contributed by atoms with Crippen molar-refractivity contribution < 1.29 is 4.92 Å². The molecule has 0 bridgehead atoms. The Balaban J connectivity index is 2.36. The van der Waals surface area contributed by atoms with Gasteiger partial charge in [0.1, 0.15) is 11.6 Å². The minimum absolute atomic E-state index is 0.00304. The van der Waals surface area contributed by atoms with Crippen molar-refractivity contribution in [2.45, 2.75) is 18.5 Å². The highest BCUT2D eigenvalue weighted by Gasteiger charge is 2.35. The van der Waals surface area contributed by atoms with E-state index in [1.807, 2.05) is 0 Å². The average molecular weight is 219 g/mol. The van der Waals surface area contributed by atoms with Gasteiger partial charge in [0.15, 0.2) is 0 Å². The number of anilines is 1. The molecule has 0 amide bonds. The number of nitrogens with two attached hydrogens (primary N) is 1. The summed E-state index contributed by atoms with van der Waals surface area (Å²) in [6.45, 7) is 0. The number of hydrogen-bond donors (Lipinski definition) is 2. The molecule has 7 nitrogen and oxygen atoms in total. The number of rotatable bonds is 3. The zero-order chi connectivity index (χ0) is 11.7. The van der Waals surface area contributed by atoms with Gasteiger partial charge >= 0.3 is 5.69 Å². The predicted molar refractivity (Wildman–Crippen MR) is 55.6 cm³/mol. The Morgan fingerprint density at radius 2 is 2.44 bits per heavy atom. The molecule has 16 heavy (non-hydrogen) atoms. The first-order valence-electron chi connectivity index (χ1n) is 4.69. The van der Waals surface area contributed by atoms with Crippen molar-refractivity contribution in [3.05, 3.63) is 27.9 Å². The molecule has 1 aromatic heterocycles. The molecule has 2 atom stereocenters. The summed E-state index contributed by atoms with van der Waals surface area (Å²) in [5.74, 6) is 0.113. The monoisotopic (exact) mass is 219 g/mol. The average Bonchev–Trinajstić information content (AvgIpc) is 2.93. The summed E-state index contributed by atoms with van der Waals surface area (Å²) < 4.78 is 0. The summed E-state index contributed by atoms with van der Waals surface area (Å²) in [6, 6.07) is 3.11. The molecule has 1 fully saturated rings. The number of nitrogens with one attached hydrogen (secondary N) is 1. The van der Waals surface area contributed by atoms with Crippen LogP contribution in [0.25, 0.3) is 0 Å². The van der Waals surface area contributed by atoms with Crippen molar-refractivity contribution in [1.82, 2.24) is 4.98 Å². The second-order valence-electron chi connectivity index (χ2n) is 3.58. The normalized spacial score (nSPS) is 22.2. The van der Waals surface area contributed by atoms with E-state index in [9.17, 15) is 10.1 Å². The first-order valence-corrected chi connectivity index (χ1v) is 4.69. The fourth-order valence-corrected chi connectivity index (χ4v) is 1.39. The molecule has 7 heteroatoms. The van der Waals surface area contributed by atoms with E-state index in [4.69, 9.17) is 11.0 Å². The van der Waals surface area contributed by atoms with Crippen molar-refractivity contribution in [3.8, 4) is 6.07 Å². The summed E-state index contributed by atoms with van der Waals surface area (Å²) in [5.41, 5.74) is 5.30. The Kier molecular flexibility index (Phi) is 2.42. The Hall–Kier alpha value is -2.20. The molecule has 1 saturated carbocycles. The largest absolute Gasteiger partial charge is 0.360 e. The van der Waals surface area contributed by atoms with Crippen LogP contribution in [0.15, 0.2) is 12.3 Å². The number of nitriles is 1. The van der Waals surface area contributed by atoms with Crippen LogP contribution < -0.4 is 11.1 Å². The minimum atomic E-state index is -0.609. The summed E-state index contributed by atoms with van der Waals surface area (Å²) >= 11 is 0. The van der Waals surface area contributed by atoms with E-state index in [0.29, 0.717) is 0 Å². The zero-order valence-electron chi connectivity index (χ0n) is 8.25. The van der Waals surface area contributed by atoms with Gasteiger partial charge in [0.2, 0.25) is 5.82 Å². The molecule has 2 rings (SSSR count). The van der Waals surface area contributed by atoms with Crippen molar-refractivity contribution in [2.75, 3.05) is 5.32 Å². The van der Waals surface area contributed by atoms with Crippen LogP contribution in [0.3, 0.4) is 0 Å². The van der Waals surface area contributed by atoms with Crippen molar-refractivity contribution in [3.63, 3.8) is 0 Å². The smallest absolute Gasteiger partial charge is 0.328 e. The summed E-state index contributed by atoms with van der Waals surface area (Å²) in [7, 11) is 0. The van der Waals surface area contributed by atoms with Gasteiger partial charge in [-0.3, -0.25) is 10.1 Å². The maximum absolute atomic E-state index is 10.8. The van der Waals surface area contributed by atoms with Gasteiger partial charge in [-0.1, -0.05) is 0 Å². The molecule has 3 N–H and O–H groups in total. The van der Waals surface area contributed by atoms with Gasteiger partial charge in [0.25, 0.3) is 0 Å². The van der Waals surface area contributed by atoms with Crippen LogP contribution in [0.4, 0.5) is 11.5 Å². The van der Waals surface area contributed by atoms with E-state index in [0.717, 1.165) is 6.42 Å². The van der Waals surface area contributed by atoms with Gasteiger partial charge in [0, 0.05) is 18.3 Å². The van der Waals surface area contributed by atoms with Gasteiger partial charge in [0.05, 0.1) is 4.92 Å². The van der Waals surface area contributed by atoms with Crippen LogP contribution in [0.2, 0.25) is 0 Å². The summed E-state index contributed by atoms with van der Waals surface area (Å²) in [5, 5.41) is 22.4. The van der Waals surface area contributed by atoms with E-state index in [-0.39, 0.29) is 29.2 Å². The second-order valence-corrected chi connectivity index (χ2v) is 3.58. The van der Waals surface area contributed by atoms with Gasteiger partial charge in [-0.15, -0.1) is 0 Å². The maximum Gasteiger partial charge on any atom is 0.328 e. The van der Waals surface area contributed by atoms with Crippen molar-refractivity contribution >= 4 is 11.5 Å². The van der Waals surface area contributed by atoms with E-state index in [1.54, 1.807) is 6.07 Å². The number of nitro groups is 1. The molecule has 1 aliphatic carbocycles. The summed E-state index contributed by atoms with van der Waals surface area (Å²) in [4.78, 5) is 14.1. The van der Waals surface area contributed by atoms with Crippen LogP contribution >= 0.6 is 0 Å². The topological polar surface area (TPSA) is 118 Å². The third-order valence-electron chi connectivity index (χ3n) is 2.39. The third kappa shape index (κ3) is 1.78. The zero-order valence-corrected chi connectivity index (χ0v) is 8.25. The highest BCUT2D eigenvalue weighted by molar-refractivity contribution is 5.64. The number of nitrogens with zero attached hydrogens (tertiary/aromatic N) is 3. The molecule has 1 aliphatic rings. The predicted octanol–water partition coefficient (Wildman–Crippen LogP) is 0.373. The van der Waals surface area contributed by atoms with Crippen LogP contribution in [-0.4, -0.2) is 22.0 Å². The lowest BCUT2D eigenvalue weighted by molar-refractivity contribution is -0.384. The van der Waals surface area contributed by atoms with Crippen molar-refractivity contribution in [2.24, 2.45) is 5.73 Å². The lowest BCUT2D eigenvalue weighted by atomic mass is 10.2. The molecule has 2 unspecified atom stereocenters. The molecule has 0 radical (unpaired) electrons. The van der Waals surface area contributed by atoms with E-state index in [2.05, 4.69) is 10.3 Å². The Morgan fingerprint density at radius 3 is 2.94 bits per heavy atom. The molecule has 0 spiro atoms. The minimum Gasteiger partial charge on any atom is -0.360 e. The quantitative estimate of drug-likeness (QED) is 0.560.